The Hall–Kier alpha value is -2.63. The molecule has 27 heavy (non-hydrogen) atoms. The number of piperidine rings is 1. The van der Waals surface area contributed by atoms with Gasteiger partial charge < -0.3 is 4.90 Å². The Morgan fingerprint density at radius 2 is 1.44 bits per heavy atom. The highest BCUT2D eigenvalue weighted by Crippen LogP contribution is 2.36. The lowest BCUT2D eigenvalue weighted by Gasteiger charge is -2.34. The van der Waals surface area contributed by atoms with Crippen LogP contribution in [0.2, 0.25) is 0 Å². The fourth-order valence-corrected chi connectivity index (χ4v) is 3.70. The van der Waals surface area contributed by atoms with Crippen molar-refractivity contribution in [3.05, 3.63) is 65.9 Å². The molecule has 1 aliphatic rings. The maximum Gasteiger partial charge on any atom is 0.437 e. The molecule has 1 fully saturated rings. The highest BCUT2D eigenvalue weighted by Gasteiger charge is 2.39. The molecular weight excluding hydrogens is 351 g/mol. The number of benzene rings is 2. The number of para-hydroxylation sites is 2. The standard InChI is InChI=1S/C21H20F3N3/c22-21(23,24)19-20(26-18-9-5-4-8-17(18)25-19)27-12-10-16(11-13-27)14-15-6-2-1-3-7-15/h1-9,16H,10-14H2. The first kappa shape index (κ1) is 17.8. The zero-order valence-electron chi connectivity index (χ0n) is 14.8. The van der Waals surface area contributed by atoms with Crippen LogP contribution in [0.3, 0.4) is 0 Å². The van der Waals surface area contributed by atoms with E-state index in [2.05, 4.69) is 22.1 Å². The zero-order valence-corrected chi connectivity index (χ0v) is 14.8. The number of halogens is 3. The molecule has 0 radical (unpaired) electrons. The van der Waals surface area contributed by atoms with Gasteiger partial charge in [0.25, 0.3) is 0 Å². The van der Waals surface area contributed by atoms with Gasteiger partial charge in [0.2, 0.25) is 0 Å². The van der Waals surface area contributed by atoms with Crippen molar-refractivity contribution in [1.82, 2.24) is 9.97 Å². The molecule has 0 unspecified atom stereocenters. The van der Waals surface area contributed by atoms with Crippen LogP contribution in [0, 0.1) is 5.92 Å². The number of alkyl halides is 3. The molecule has 1 aliphatic heterocycles. The lowest BCUT2D eigenvalue weighted by atomic mass is 9.90. The van der Waals surface area contributed by atoms with Crippen molar-refractivity contribution < 1.29 is 13.2 Å². The minimum absolute atomic E-state index is 0.0423. The summed E-state index contributed by atoms with van der Waals surface area (Å²) in [6.07, 6.45) is -1.86. The van der Waals surface area contributed by atoms with E-state index in [0.717, 1.165) is 19.3 Å². The normalized spacial score (nSPS) is 16.0. The molecule has 0 atom stereocenters. The maximum atomic E-state index is 13.6. The fraction of sp³-hybridized carbons (Fsp3) is 0.333. The van der Waals surface area contributed by atoms with E-state index in [9.17, 15) is 13.2 Å². The lowest BCUT2D eigenvalue weighted by molar-refractivity contribution is -0.140. The van der Waals surface area contributed by atoms with Gasteiger partial charge in [-0.25, -0.2) is 9.97 Å². The van der Waals surface area contributed by atoms with E-state index in [4.69, 9.17) is 0 Å². The third-order valence-corrected chi connectivity index (χ3v) is 5.10. The molecule has 0 spiro atoms. The van der Waals surface area contributed by atoms with E-state index in [-0.39, 0.29) is 11.3 Å². The number of rotatable bonds is 3. The van der Waals surface area contributed by atoms with Gasteiger partial charge in [0.05, 0.1) is 11.0 Å². The summed E-state index contributed by atoms with van der Waals surface area (Å²) >= 11 is 0. The third kappa shape index (κ3) is 3.89. The molecule has 1 aromatic heterocycles. The molecule has 0 aliphatic carbocycles. The molecule has 3 nitrogen and oxygen atoms in total. The Kier molecular flexibility index (Phi) is 4.72. The van der Waals surface area contributed by atoms with Crippen molar-refractivity contribution in [3.63, 3.8) is 0 Å². The van der Waals surface area contributed by atoms with Crippen molar-refractivity contribution >= 4 is 16.9 Å². The van der Waals surface area contributed by atoms with Crippen LogP contribution >= 0.6 is 0 Å². The number of hydrogen-bond donors (Lipinski definition) is 0. The van der Waals surface area contributed by atoms with Crippen LogP contribution in [0.15, 0.2) is 54.6 Å². The first-order valence-electron chi connectivity index (χ1n) is 9.13. The van der Waals surface area contributed by atoms with E-state index in [1.165, 1.54) is 5.56 Å². The Morgan fingerprint density at radius 1 is 0.852 bits per heavy atom. The van der Waals surface area contributed by atoms with E-state index >= 15 is 0 Å². The lowest BCUT2D eigenvalue weighted by Crippen LogP contribution is -2.36. The molecule has 0 N–H and O–H groups in total. The van der Waals surface area contributed by atoms with Gasteiger partial charge in [0, 0.05) is 13.1 Å². The maximum absolute atomic E-state index is 13.6. The summed E-state index contributed by atoms with van der Waals surface area (Å²) in [7, 11) is 0. The molecule has 1 saturated heterocycles. The second-order valence-electron chi connectivity index (χ2n) is 7.00. The van der Waals surface area contributed by atoms with Gasteiger partial charge in [0.1, 0.15) is 0 Å². The largest absolute Gasteiger partial charge is 0.437 e. The number of hydrogen-bond acceptors (Lipinski definition) is 3. The molecule has 4 rings (SSSR count). The zero-order chi connectivity index (χ0) is 18.9. The molecule has 0 saturated carbocycles. The average Bonchev–Trinajstić information content (AvgIpc) is 2.68. The quantitative estimate of drug-likeness (QED) is 0.641. The van der Waals surface area contributed by atoms with Gasteiger partial charge in [-0.1, -0.05) is 42.5 Å². The molecule has 0 amide bonds. The van der Waals surface area contributed by atoms with Gasteiger partial charge in [-0.15, -0.1) is 0 Å². The van der Waals surface area contributed by atoms with Crippen LogP contribution in [0.4, 0.5) is 19.0 Å². The predicted octanol–water partition coefficient (Wildman–Crippen LogP) is 5.11. The van der Waals surface area contributed by atoms with Crippen molar-refractivity contribution in [2.24, 2.45) is 5.92 Å². The van der Waals surface area contributed by atoms with Crippen molar-refractivity contribution in [2.75, 3.05) is 18.0 Å². The average molecular weight is 371 g/mol. The Bertz CT molecular complexity index is 917. The molecule has 2 aromatic carbocycles. The van der Waals surface area contributed by atoms with Crippen LogP contribution < -0.4 is 4.90 Å². The van der Waals surface area contributed by atoms with Gasteiger partial charge in [0.15, 0.2) is 11.5 Å². The molecule has 0 bridgehead atoms. The van der Waals surface area contributed by atoms with Crippen LogP contribution in [0.1, 0.15) is 24.1 Å². The fourth-order valence-electron chi connectivity index (χ4n) is 3.70. The van der Waals surface area contributed by atoms with Crippen molar-refractivity contribution in [2.45, 2.75) is 25.4 Å². The van der Waals surface area contributed by atoms with Crippen LogP contribution in [0.5, 0.6) is 0 Å². The first-order chi connectivity index (χ1) is 13.0. The molecule has 3 aromatic rings. The summed E-state index contributed by atoms with van der Waals surface area (Å²) in [4.78, 5) is 9.94. The number of aromatic nitrogens is 2. The van der Waals surface area contributed by atoms with E-state index in [1.807, 2.05) is 18.2 Å². The van der Waals surface area contributed by atoms with Gasteiger partial charge in [-0.2, -0.15) is 13.2 Å². The second-order valence-corrected chi connectivity index (χ2v) is 7.00. The number of fused-ring (bicyclic) bond motifs is 1. The Morgan fingerprint density at radius 3 is 2.07 bits per heavy atom. The smallest absolute Gasteiger partial charge is 0.355 e. The molecular formula is C21H20F3N3. The van der Waals surface area contributed by atoms with Gasteiger partial charge >= 0.3 is 6.18 Å². The molecule has 2 heterocycles. The summed E-state index contributed by atoms with van der Waals surface area (Å²) < 4.78 is 40.7. The van der Waals surface area contributed by atoms with E-state index in [0.29, 0.717) is 24.5 Å². The van der Waals surface area contributed by atoms with E-state index < -0.39 is 11.9 Å². The summed E-state index contributed by atoms with van der Waals surface area (Å²) in [6, 6.07) is 16.9. The number of nitrogens with zero attached hydrogens (tertiary/aromatic N) is 3. The topological polar surface area (TPSA) is 29.0 Å². The van der Waals surface area contributed by atoms with Crippen molar-refractivity contribution in [1.29, 1.82) is 0 Å². The highest BCUT2D eigenvalue weighted by atomic mass is 19.4. The Balaban J connectivity index is 1.56. The Labute approximate surface area is 155 Å². The summed E-state index contributed by atoms with van der Waals surface area (Å²) in [5, 5.41) is 0. The summed E-state index contributed by atoms with van der Waals surface area (Å²) in [5.41, 5.74) is 1.15. The summed E-state index contributed by atoms with van der Waals surface area (Å²) in [6.45, 7) is 1.13. The first-order valence-corrected chi connectivity index (χ1v) is 9.13. The molecule has 140 valence electrons. The second kappa shape index (κ2) is 7.18. The minimum Gasteiger partial charge on any atom is -0.355 e. The van der Waals surface area contributed by atoms with Crippen LogP contribution in [-0.2, 0) is 12.6 Å². The van der Waals surface area contributed by atoms with Gasteiger partial charge in [-0.05, 0) is 42.9 Å². The molecule has 6 heteroatoms. The summed E-state index contributed by atoms with van der Waals surface area (Å²) in [5.74, 6) is 0.436. The highest BCUT2D eigenvalue weighted by molar-refractivity contribution is 5.76. The predicted molar refractivity (Wildman–Crippen MR) is 99.6 cm³/mol. The van der Waals surface area contributed by atoms with Crippen LogP contribution in [-0.4, -0.2) is 23.1 Å². The van der Waals surface area contributed by atoms with E-state index in [1.54, 1.807) is 29.2 Å². The SMILES string of the molecule is FC(F)(F)c1nc2ccccc2nc1N1CCC(Cc2ccccc2)CC1. The van der Waals surface area contributed by atoms with Crippen LogP contribution in [0.25, 0.3) is 11.0 Å². The number of anilines is 1. The van der Waals surface area contributed by atoms with Gasteiger partial charge in [-0.3, -0.25) is 0 Å². The minimum atomic E-state index is -4.52. The van der Waals surface area contributed by atoms with Crippen molar-refractivity contribution in [3.8, 4) is 0 Å². The third-order valence-electron chi connectivity index (χ3n) is 5.10. The monoisotopic (exact) mass is 371 g/mol.